The smallest absolute Gasteiger partial charge is 0.274 e. The minimum absolute atomic E-state index is 0.0747. The minimum atomic E-state index is -0.187. The molecule has 0 aromatic carbocycles. The first kappa shape index (κ1) is 19.5. The van der Waals surface area contributed by atoms with Gasteiger partial charge >= 0.3 is 0 Å². The van der Waals surface area contributed by atoms with E-state index < -0.39 is 0 Å². The second kappa shape index (κ2) is 10.9. The molecule has 7 heteroatoms. The molecule has 0 aliphatic rings. The zero-order chi connectivity index (χ0) is 18.6. The molecule has 2 amide bonds. The van der Waals surface area contributed by atoms with Gasteiger partial charge in [-0.15, -0.1) is 0 Å². The number of pyridine rings is 1. The van der Waals surface area contributed by atoms with Crippen molar-refractivity contribution in [3.63, 3.8) is 0 Å². The summed E-state index contributed by atoms with van der Waals surface area (Å²) >= 11 is 0. The number of nitrogens with one attached hydrogen (secondary N) is 1. The summed E-state index contributed by atoms with van der Waals surface area (Å²) in [6.07, 6.45) is 9.02. The van der Waals surface area contributed by atoms with Gasteiger partial charge in [-0.2, -0.15) is 0 Å². The van der Waals surface area contributed by atoms with Gasteiger partial charge in [-0.1, -0.05) is 19.4 Å². The molecule has 0 unspecified atom stereocenters. The summed E-state index contributed by atoms with van der Waals surface area (Å²) in [6.45, 7) is 3.57. The Balaban J connectivity index is 1.80. The van der Waals surface area contributed by atoms with Crippen LogP contribution in [0.3, 0.4) is 0 Å². The van der Waals surface area contributed by atoms with E-state index >= 15 is 0 Å². The Labute approximate surface area is 153 Å². The third-order valence-electron chi connectivity index (χ3n) is 3.89. The summed E-state index contributed by atoms with van der Waals surface area (Å²) in [4.78, 5) is 38.5. The summed E-state index contributed by atoms with van der Waals surface area (Å²) in [5, 5.41) is 2.88. The molecule has 0 radical (unpaired) electrons. The molecule has 2 aromatic rings. The van der Waals surface area contributed by atoms with Crippen molar-refractivity contribution >= 4 is 11.8 Å². The highest BCUT2D eigenvalue weighted by Crippen LogP contribution is 2.04. The normalized spacial score (nSPS) is 10.3. The van der Waals surface area contributed by atoms with E-state index in [0.29, 0.717) is 31.7 Å². The summed E-state index contributed by atoms with van der Waals surface area (Å²) in [7, 11) is 0. The summed E-state index contributed by atoms with van der Waals surface area (Å²) in [5.74, 6) is -0.262. The highest BCUT2D eigenvalue weighted by atomic mass is 16.2. The predicted octanol–water partition coefficient (Wildman–Crippen LogP) is 1.86. The molecule has 0 saturated carbocycles. The van der Waals surface area contributed by atoms with Crippen LogP contribution in [0.4, 0.5) is 0 Å². The fourth-order valence-corrected chi connectivity index (χ4v) is 2.44. The topological polar surface area (TPSA) is 88.1 Å². The number of hydrogen-bond acceptors (Lipinski definition) is 5. The van der Waals surface area contributed by atoms with Crippen LogP contribution < -0.4 is 5.32 Å². The molecule has 7 nitrogen and oxygen atoms in total. The van der Waals surface area contributed by atoms with E-state index in [1.54, 1.807) is 11.1 Å². The quantitative estimate of drug-likeness (QED) is 0.703. The van der Waals surface area contributed by atoms with Crippen molar-refractivity contribution in [2.24, 2.45) is 0 Å². The first-order valence-electron chi connectivity index (χ1n) is 8.92. The Morgan fingerprint density at radius 1 is 1.12 bits per heavy atom. The molecule has 26 heavy (non-hydrogen) atoms. The molecule has 2 rings (SSSR count). The summed E-state index contributed by atoms with van der Waals surface area (Å²) in [6, 6.07) is 5.72. The van der Waals surface area contributed by atoms with Crippen LogP contribution >= 0.6 is 0 Å². The molecule has 0 atom stereocenters. The number of nitrogens with zero attached hydrogens (tertiary/aromatic N) is 4. The second-order valence-corrected chi connectivity index (χ2v) is 5.91. The van der Waals surface area contributed by atoms with E-state index in [1.807, 2.05) is 18.2 Å². The lowest BCUT2D eigenvalue weighted by Crippen LogP contribution is -2.36. The van der Waals surface area contributed by atoms with Gasteiger partial charge in [0, 0.05) is 56.8 Å². The van der Waals surface area contributed by atoms with Crippen molar-refractivity contribution in [3.8, 4) is 0 Å². The van der Waals surface area contributed by atoms with Crippen molar-refractivity contribution < 1.29 is 9.59 Å². The number of carbonyl (C=O) groups excluding carboxylic acids is 2. The third kappa shape index (κ3) is 6.58. The Morgan fingerprint density at radius 2 is 2.00 bits per heavy atom. The predicted molar refractivity (Wildman–Crippen MR) is 98.4 cm³/mol. The van der Waals surface area contributed by atoms with Crippen LogP contribution in [0.5, 0.6) is 0 Å². The second-order valence-electron chi connectivity index (χ2n) is 5.91. The fourth-order valence-electron chi connectivity index (χ4n) is 2.44. The monoisotopic (exact) mass is 355 g/mol. The summed E-state index contributed by atoms with van der Waals surface area (Å²) in [5.41, 5.74) is 1.24. The van der Waals surface area contributed by atoms with Crippen LogP contribution in [0.25, 0.3) is 0 Å². The van der Waals surface area contributed by atoms with Gasteiger partial charge in [-0.05, 0) is 18.6 Å². The first-order chi connectivity index (χ1) is 12.7. The molecule has 0 bridgehead atoms. The maximum atomic E-state index is 12.5. The molecule has 0 aliphatic carbocycles. The molecule has 2 heterocycles. The van der Waals surface area contributed by atoms with E-state index in [9.17, 15) is 9.59 Å². The Morgan fingerprint density at radius 3 is 2.69 bits per heavy atom. The number of rotatable bonds is 10. The van der Waals surface area contributed by atoms with Gasteiger partial charge in [-0.25, -0.2) is 4.98 Å². The van der Waals surface area contributed by atoms with Gasteiger partial charge in [0.25, 0.3) is 5.91 Å². The zero-order valence-corrected chi connectivity index (χ0v) is 15.1. The highest BCUT2D eigenvalue weighted by Gasteiger charge is 2.17. The largest absolute Gasteiger partial charge is 0.356 e. The van der Waals surface area contributed by atoms with Gasteiger partial charge in [0.05, 0.1) is 6.20 Å². The lowest BCUT2D eigenvalue weighted by atomic mass is 10.2. The molecule has 138 valence electrons. The van der Waals surface area contributed by atoms with Gasteiger partial charge < -0.3 is 10.2 Å². The Bertz CT molecular complexity index is 679. The molecular weight excluding hydrogens is 330 g/mol. The number of unbranched alkanes of at least 4 members (excludes halogenated alkanes) is 1. The number of carbonyl (C=O) groups is 2. The highest BCUT2D eigenvalue weighted by molar-refractivity contribution is 5.92. The Kier molecular flexibility index (Phi) is 8.18. The van der Waals surface area contributed by atoms with Crippen LogP contribution in [0.2, 0.25) is 0 Å². The van der Waals surface area contributed by atoms with Crippen LogP contribution in [-0.4, -0.2) is 51.3 Å². The SMILES string of the molecule is CCCCN(CCC(=O)NCCc1ccccn1)C(=O)c1cnccn1. The van der Waals surface area contributed by atoms with Gasteiger partial charge in [0.2, 0.25) is 5.91 Å². The van der Waals surface area contributed by atoms with Crippen LogP contribution in [-0.2, 0) is 11.2 Å². The lowest BCUT2D eigenvalue weighted by Gasteiger charge is -2.21. The maximum Gasteiger partial charge on any atom is 0.274 e. The van der Waals surface area contributed by atoms with Crippen LogP contribution in [0.15, 0.2) is 43.0 Å². The standard InChI is InChI=1S/C19H25N5O2/c1-2-3-13-24(19(26)17-15-20-11-12-22-17)14-8-18(25)23-10-7-16-6-4-5-9-21-16/h4-6,9,11-12,15H,2-3,7-8,10,13-14H2,1H3,(H,23,25). The third-order valence-corrected chi connectivity index (χ3v) is 3.89. The van der Waals surface area contributed by atoms with E-state index in [1.165, 1.54) is 18.6 Å². The molecule has 1 N–H and O–H groups in total. The van der Waals surface area contributed by atoms with E-state index in [4.69, 9.17) is 0 Å². The molecule has 0 fully saturated rings. The first-order valence-corrected chi connectivity index (χ1v) is 8.92. The molecule has 2 aromatic heterocycles. The maximum absolute atomic E-state index is 12.5. The summed E-state index contributed by atoms with van der Waals surface area (Å²) < 4.78 is 0. The molecule has 0 spiro atoms. The van der Waals surface area contributed by atoms with Crippen molar-refractivity contribution in [1.29, 1.82) is 0 Å². The van der Waals surface area contributed by atoms with Crippen LogP contribution in [0, 0.1) is 0 Å². The van der Waals surface area contributed by atoms with Crippen molar-refractivity contribution in [3.05, 3.63) is 54.4 Å². The van der Waals surface area contributed by atoms with E-state index in [0.717, 1.165) is 18.5 Å². The lowest BCUT2D eigenvalue weighted by molar-refractivity contribution is -0.121. The molecule has 0 aliphatic heterocycles. The minimum Gasteiger partial charge on any atom is -0.356 e. The molecule has 0 saturated heterocycles. The van der Waals surface area contributed by atoms with E-state index in [-0.39, 0.29) is 18.2 Å². The molecular formula is C19H25N5O2. The number of aromatic nitrogens is 3. The Hall–Kier alpha value is -2.83. The fraction of sp³-hybridized carbons (Fsp3) is 0.421. The average molecular weight is 355 g/mol. The zero-order valence-electron chi connectivity index (χ0n) is 15.1. The van der Waals surface area contributed by atoms with Crippen molar-refractivity contribution in [2.75, 3.05) is 19.6 Å². The van der Waals surface area contributed by atoms with Gasteiger partial charge in [-0.3, -0.25) is 19.6 Å². The number of amides is 2. The van der Waals surface area contributed by atoms with Crippen LogP contribution in [0.1, 0.15) is 42.4 Å². The van der Waals surface area contributed by atoms with Gasteiger partial charge in [0.1, 0.15) is 5.69 Å². The van der Waals surface area contributed by atoms with Gasteiger partial charge in [0.15, 0.2) is 0 Å². The average Bonchev–Trinajstić information content (AvgIpc) is 2.69. The van der Waals surface area contributed by atoms with E-state index in [2.05, 4.69) is 27.2 Å². The van der Waals surface area contributed by atoms with Crippen molar-refractivity contribution in [2.45, 2.75) is 32.6 Å². The number of hydrogen-bond donors (Lipinski definition) is 1. The van der Waals surface area contributed by atoms with Crippen molar-refractivity contribution in [1.82, 2.24) is 25.2 Å².